The fraction of sp³-hybridized carbons (Fsp3) is 0.278. The predicted octanol–water partition coefficient (Wildman–Crippen LogP) is 4.38. The van der Waals surface area contributed by atoms with Gasteiger partial charge in [0.2, 0.25) is 5.91 Å². The van der Waals surface area contributed by atoms with Crippen LogP contribution >= 0.6 is 23.4 Å². The molecule has 0 spiro atoms. The van der Waals surface area contributed by atoms with Crippen LogP contribution in [0.25, 0.3) is 0 Å². The molecule has 2 aromatic rings. The number of halogens is 2. The summed E-state index contributed by atoms with van der Waals surface area (Å²) >= 11 is 7.10. The highest BCUT2D eigenvalue weighted by Gasteiger charge is 2.12. The third-order valence-corrected chi connectivity index (χ3v) is 4.73. The summed E-state index contributed by atoms with van der Waals surface area (Å²) in [6.45, 7) is 0.471. The van der Waals surface area contributed by atoms with E-state index < -0.39 is 0 Å². The third-order valence-electron chi connectivity index (χ3n) is 3.52. The number of amides is 1. The van der Waals surface area contributed by atoms with Crippen LogP contribution in [0.15, 0.2) is 42.5 Å². The topological polar surface area (TPSA) is 29.5 Å². The molecule has 6 heteroatoms. The van der Waals surface area contributed by atoms with Crippen molar-refractivity contribution in [1.29, 1.82) is 0 Å². The van der Waals surface area contributed by atoms with Crippen molar-refractivity contribution < 1.29 is 13.9 Å². The summed E-state index contributed by atoms with van der Waals surface area (Å²) in [4.78, 5) is 13.9. The van der Waals surface area contributed by atoms with Gasteiger partial charge in [-0.25, -0.2) is 4.39 Å². The van der Waals surface area contributed by atoms with Crippen molar-refractivity contribution >= 4 is 29.3 Å². The van der Waals surface area contributed by atoms with Gasteiger partial charge in [-0.1, -0.05) is 35.9 Å². The second kappa shape index (κ2) is 8.94. The predicted molar refractivity (Wildman–Crippen MR) is 97.0 cm³/mol. The summed E-state index contributed by atoms with van der Waals surface area (Å²) in [6.07, 6.45) is 0. The quantitative estimate of drug-likeness (QED) is 0.727. The van der Waals surface area contributed by atoms with Crippen molar-refractivity contribution in [3.05, 3.63) is 64.4 Å². The minimum atomic E-state index is -0.343. The maximum absolute atomic E-state index is 13.7. The van der Waals surface area contributed by atoms with E-state index in [4.69, 9.17) is 16.3 Å². The van der Waals surface area contributed by atoms with E-state index in [9.17, 15) is 9.18 Å². The van der Waals surface area contributed by atoms with Gasteiger partial charge in [0.05, 0.1) is 12.9 Å². The maximum atomic E-state index is 13.7. The number of hydrogen-bond donors (Lipinski definition) is 0. The number of nitrogens with zero attached hydrogens (tertiary/aromatic N) is 1. The van der Waals surface area contributed by atoms with E-state index >= 15 is 0 Å². The van der Waals surface area contributed by atoms with Crippen LogP contribution in [0.4, 0.5) is 4.39 Å². The van der Waals surface area contributed by atoms with Gasteiger partial charge in [-0.3, -0.25) is 4.79 Å². The van der Waals surface area contributed by atoms with E-state index in [1.54, 1.807) is 31.2 Å². The van der Waals surface area contributed by atoms with Crippen LogP contribution in [0, 0.1) is 5.82 Å². The molecular formula is C18H19ClFNO2S. The largest absolute Gasteiger partial charge is 0.496 e. The van der Waals surface area contributed by atoms with Crippen LogP contribution in [-0.2, 0) is 17.1 Å². The van der Waals surface area contributed by atoms with E-state index in [-0.39, 0.29) is 17.5 Å². The molecule has 0 aliphatic rings. The van der Waals surface area contributed by atoms with Gasteiger partial charge < -0.3 is 9.64 Å². The van der Waals surface area contributed by atoms with Gasteiger partial charge in [-0.05, 0) is 23.8 Å². The zero-order chi connectivity index (χ0) is 17.5. The Kier molecular flexibility index (Phi) is 6.94. The van der Waals surface area contributed by atoms with Gasteiger partial charge in [0.1, 0.15) is 11.6 Å². The number of hydrogen-bond acceptors (Lipinski definition) is 3. The molecule has 0 aliphatic heterocycles. The number of thioether (sulfide) groups is 1. The van der Waals surface area contributed by atoms with E-state index in [0.29, 0.717) is 22.9 Å². The minimum absolute atomic E-state index is 0.0136. The highest BCUT2D eigenvalue weighted by atomic mass is 35.5. The Morgan fingerprint density at radius 3 is 2.71 bits per heavy atom. The Balaban J connectivity index is 1.85. The fourth-order valence-corrected chi connectivity index (χ4v) is 3.28. The molecule has 128 valence electrons. The molecule has 1 amide bonds. The van der Waals surface area contributed by atoms with Gasteiger partial charge in [-0.2, -0.15) is 0 Å². The van der Waals surface area contributed by atoms with E-state index in [1.165, 1.54) is 17.8 Å². The van der Waals surface area contributed by atoms with Gasteiger partial charge >= 0.3 is 0 Å². The molecule has 0 saturated heterocycles. The number of rotatable bonds is 7. The molecule has 0 N–H and O–H groups in total. The van der Waals surface area contributed by atoms with Gasteiger partial charge in [0.25, 0.3) is 0 Å². The lowest BCUT2D eigenvalue weighted by Gasteiger charge is -2.18. The lowest BCUT2D eigenvalue weighted by atomic mass is 10.2. The zero-order valence-electron chi connectivity index (χ0n) is 13.6. The van der Waals surface area contributed by atoms with Crippen molar-refractivity contribution in [2.75, 3.05) is 19.9 Å². The average Bonchev–Trinajstić information content (AvgIpc) is 2.57. The molecule has 2 rings (SSSR count). The molecule has 0 bridgehead atoms. The SMILES string of the molecule is COc1ccccc1CN(C)C(=O)CSCc1ccc(Cl)cc1F. The third kappa shape index (κ3) is 5.14. The number of carbonyl (C=O) groups is 1. The van der Waals surface area contributed by atoms with Crippen LogP contribution < -0.4 is 4.74 Å². The second-order valence-corrected chi connectivity index (χ2v) is 6.71. The summed E-state index contributed by atoms with van der Waals surface area (Å²) in [6, 6.07) is 12.2. The normalized spacial score (nSPS) is 10.5. The number of methoxy groups -OCH3 is 1. The number of para-hydroxylation sites is 1. The Labute approximate surface area is 150 Å². The van der Waals surface area contributed by atoms with Crippen LogP contribution in [0.2, 0.25) is 5.02 Å². The maximum Gasteiger partial charge on any atom is 0.232 e. The summed E-state index contributed by atoms with van der Waals surface area (Å²) in [5.41, 5.74) is 1.49. The second-order valence-electron chi connectivity index (χ2n) is 5.29. The molecule has 0 unspecified atom stereocenters. The Morgan fingerprint density at radius 2 is 2.00 bits per heavy atom. The highest BCUT2D eigenvalue weighted by molar-refractivity contribution is 7.99. The first kappa shape index (κ1) is 18.6. The Bertz CT molecular complexity index is 711. The first-order chi connectivity index (χ1) is 11.5. The molecule has 0 fully saturated rings. The minimum Gasteiger partial charge on any atom is -0.496 e. The van der Waals surface area contributed by atoms with E-state index in [2.05, 4.69) is 0 Å². The average molecular weight is 368 g/mol. The van der Waals surface area contributed by atoms with Crippen molar-refractivity contribution in [3.8, 4) is 5.75 Å². The van der Waals surface area contributed by atoms with Crippen LogP contribution in [0.5, 0.6) is 5.75 Å². The fourth-order valence-electron chi connectivity index (χ4n) is 2.17. The van der Waals surface area contributed by atoms with Gasteiger partial charge in [0, 0.05) is 29.9 Å². The highest BCUT2D eigenvalue weighted by Crippen LogP contribution is 2.21. The number of carbonyl (C=O) groups excluding carboxylic acids is 1. The Hall–Kier alpha value is -1.72. The summed E-state index contributed by atoms with van der Waals surface area (Å²) in [5, 5.41) is 0.369. The van der Waals surface area contributed by atoms with Crippen LogP contribution in [0.1, 0.15) is 11.1 Å². The molecule has 3 nitrogen and oxygen atoms in total. The van der Waals surface area contributed by atoms with Crippen molar-refractivity contribution in [2.45, 2.75) is 12.3 Å². The van der Waals surface area contributed by atoms with Crippen molar-refractivity contribution in [1.82, 2.24) is 4.90 Å². The standard InChI is InChI=1S/C18H19ClFNO2S/c1-21(10-13-5-3-4-6-17(13)23-2)18(22)12-24-11-14-7-8-15(19)9-16(14)20/h3-9H,10-12H2,1-2H3. The molecule has 0 radical (unpaired) electrons. The summed E-state index contributed by atoms with van der Waals surface area (Å²) in [7, 11) is 3.36. The lowest BCUT2D eigenvalue weighted by Crippen LogP contribution is -2.28. The van der Waals surface area contributed by atoms with Crippen molar-refractivity contribution in [2.24, 2.45) is 0 Å². The molecule has 0 saturated carbocycles. The summed E-state index contributed by atoms with van der Waals surface area (Å²) in [5.74, 6) is 1.11. The first-order valence-corrected chi connectivity index (χ1v) is 8.92. The monoisotopic (exact) mass is 367 g/mol. The molecule has 24 heavy (non-hydrogen) atoms. The molecule has 0 aromatic heterocycles. The molecule has 2 aromatic carbocycles. The molecule has 0 heterocycles. The van der Waals surface area contributed by atoms with Crippen LogP contribution in [-0.4, -0.2) is 30.7 Å². The van der Waals surface area contributed by atoms with E-state index in [1.807, 2.05) is 24.3 Å². The molecular weight excluding hydrogens is 349 g/mol. The first-order valence-electron chi connectivity index (χ1n) is 7.38. The smallest absolute Gasteiger partial charge is 0.232 e. The van der Waals surface area contributed by atoms with Gasteiger partial charge in [0.15, 0.2) is 0 Å². The number of ether oxygens (including phenoxy) is 1. The zero-order valence-corrected chi connectivity index (χ0v) is 15.2. The van der Waals surface area contributed by atoms with E-state index in [0.717, 1.165) is 11.3 Å². The number of benzene rings is 2. The summed E-state index contributed by atoms with van der Waals surface area (Å²) < 4.78 is 19.0. The Morgan fingerprint density at radius 1 is 1.25 bits per heavy atom. The molecule has 0 atom stereocenters. The van der Waals surface area contributed by atoms with Crippen molar-refractivity contribution in [3.63, 3.8) is 0 Å². The van der Waals surface area contributed by atoms with Crippen LogP contribution in [0.3, 0.4) is 0 Å². The molecule has 0 aliphatic carbocycles. The van der Waals surface area contributed by atoms with Gasteiger partial charge in [-0.15, -0.1) is 11.8 Å². The lowest BCUT2D eigenvalue weighted by molar-refractivity contribution is -0.127.